The summed E-state index contributed by atoms with van der Waals surface area (Å²) in [5.74, 6) is 0.734. The monoisotopic (exact) mass is 343 g/mol. The summed E-state index contributed by atoms with van der Waals surface area (Å²) in [6.07, 6.45) is 5.74. The molecule has 0 unspecified atom stereocenters. The van der Waals surface area contributed by atoms with E-state index in [1.54, 1.807) is 10.7 Å². The van der Waals surface area contributed by atoms with Crippen LogP contribution >= 0.6 is 0 Å². The number of hydrogen-bond acceptors (Lipinski definition) is 5. The molecule has 2 aromatic rings. The van der Waals surface area contributed by atoms with Gasteiger partial charge in [0, 0.05) is 23.5 Å². The van der Waals surface area contributed by atoms with Crippen molar-refractivity contribution in [1.29, 1.82) is 0 Å². The summed E-state index contributed by atoms with van der Waals surface area (Å²) in [5, 5.41) is 7.43. The quantitative estimate of drug-likeness (QED) is 0.901. The first-order chi connectivity index (χ1) is 12.0. The average molecular weight is 343 g/mol. The van der Waals surface area contributed by atoms with E-state index < -0.39 is 0 Å². The van der Waals surface area contributed by atoms with Gasteiger partial charge in [-0.15, -0.1) is 0 Å². The lowest BCUT2D eigenvalue weighted by Crippen LogP contribution is -2.39. The van der Waals surface area contributed by atoms with Crippen molar-refractivity contribution in [3.63, 3.8) is 0 Å². The molecule has 134 valence electrons. The van der Waals surface area contributed by atoms with E-state index in [2.05, 4.69) is 20.4 Å². The van der Waals surface area contributed by atoms with Crippen LogP contribution in [0.3, 0.4) is 0 Å². The molecule has 0 saturated heterocycles. The Labute approximate surface area is 147 Å². The van der Waals surface area contributed by atoms with Crippen molar-refractivity contribution in [2.24, 2.45) is 0 Å². The van der Waals surface area contributed by atoms with E-state index >= 15 is 0 Å². The van der Waals surface area contributed by atoms with Gasteiger partial charge in [0.1, 0.15) is 0 Å². The highest BCUT2D eigenvalue weighted by molar-refractivity contribution is 5.77. The van der Waals surface area contributed by atoms with Crippen LogP contribution in [0.2, 0.25) is 0 Å². The molecule has 1 amide bonds. The average Bonchev–Trinajstić information content (AvgIpc) is 2.92. The molecule has 0 radical (unpaired) electrons. The van der Waals surface area contributed by atoms with Crippen LogP contribution in [0.1, 0.15) is 49.2 Å². The number of hydrogen-bond donors (Lipinski definition) is 1. The van der Waals surface area contributed by atoms with Crippen LogP contribution in [0.4, 0.5) is 0 Å². The van der Waals surface area contributed by atoms with Gasteiger partial charge in [0.15, 0.2) is 6.61 Å². The molecule has 1 fully saturated rings. The summed E-state index contributed by atoms with van der Waals surface area (Å²) in [6, 6.07) is 3.97. The highest BCUT2D eigenvalue weighted by Crippen LogP contribution is 2.17. The second kappa shape index (κ2) is 7.63. The maximum atomic E-state index is 12.1. The van der Waals surface area contributed by atoms with Gasteiger partial charge in [0.25, 0.3) is 11.9 Å². The van der Waals surface area contributed by atoms with E-state index in [1.807, 2.05) is 26.8 Å². The lowest BCUT2D eigenvalue weighted by molar-refractivity contribution is -0.124. The minimum atomic E-state index is -0.101. The number of nitrogens with one attached hydrogen (secondary N) is 1. The third-order valence-corrected chi connectivity index (χ3v) is 4.34. The number of rotatable bonds is 5. The molecule has 1 aliphatic rings. The molecule has 0 atom stereocenters. The first-order valence-electron chi connectivity index (χ1n) is 8.83. The van der Waals surface area contributed by atoms with E-state index in [4.69, 9.17) is 4.74 Å². The molecule has 0 aromatic carbocycles. The maximum absolute atomic E-state index is 12.1. The molecular weight excluding hydrogens is 318 g/mol. The summed E-state index contributed by atoms with van der Waals surface area (Å²) in [4.78, 5) is 20.9. The molecule has 1 saturated carbocycles. The van der Waals surface area contributed by atoms with Crippen molar-refractivity contribution >= 4 is 5.91 Å². The molecular formula is C18H25N5O2. The predicted octanol–water partition coefficient (Wildman–Crippen LogP) is 2.42. The lowest BCUT2D eigenvalue weighted by atomic mass is 9.95. The molecule has 0 bridgehead atoms. The van der Waals surface area contributed by atoms with Crippen LogP contribution in [0.5, 0.6) is 5.88 Å². The van der Waals surface area contributed by atoms with Crippen molar-refractivity contribution in [2.75, 3.05) is 6.61 Å². The van der Waals surface area contributed by atoms with Crippen LogP contribution in [-0.2, 0) is 4.79 Å². The van der Waals surface area contributed by atoms with Gasteiger partial charge >= 0.3 is 0 Å². The van der Waals surface area contributed by atoms with E-state index in [0.29, 0.717) is 11.8 Å². The second-order valence-corrected chi connectivity index (χ2v) is 6.68. The number of carbonyl (C=O) groups excluding carboxylic acids is 1. The molecule has 0 spiro atoms. The Bertz CT molecular complexity index is 750. The molecule has 1 N–H and O–H groups in total. The Kier molecular flexibility index (Phi) is 5.31. The van der Waals surface area contributed by atoms with Gasteiger partial charge in [-0.2, -0.15) is 10.1 Å². The maximum Gasteiger partial charge on any atom is 0.258 e. The van der Waals surface area contributed by atoms with Crippen molar-refractivity contribution in [3.05, 3.63) is 29.2 Å². The van der Waals surface area contributed by atoms with Crippen LogP contribution in [-0.4, -0.2) is 38.3 Å². The zero-order valence-electron chi connectivity index (χ0n) is 15.1. The van der Waals surface area contributed by atoms with Crippen LogP contribution in [0, 0.1) is 20.8 Å². The van der Waals surface area contributed by atoms with E-state index in [0.717, 1.165) is 29.9 Å². The van der Waals surface area contributed by atoms with E-state index in [9.17, 15) is 4.79 Å². The third-order valence-electron chi connectivity index (χ3n) is 4.34. The van der Waals surface area contributed by atoms with Crippen LogP contribution in [0.15, 0.2) is 12.1 Å². The normalized spacial score (nSPS) is 15.2. The van der Waals surface area contributed by atoms with E-state index in [-0.39, 0.29) is 18.6 Å². The first kappa shape index (κ1) is 17.4. The van der Waals surface area contributed by atoms with E-state index in [1.165, 1.54) is 19.3 Å². The number of ether oxygens (including phenoxy) is 1. The Hall–Kier alpha value is -2.44. The first-order valence-corrected chi connectivity index (χ1v) is 8.83. The molecule has 1 aliphatic carbocycles. The SMILES string of the molecule is Cc1cc(OCC(=O)NC2CCCCC2)nc(-n2nc(C)cc2C)n1. The number of nitrogens with zero attached hydrogens (tertiary/aromatic N) is 4. The number of amides is 1. The van der Waals surface area contributed by atoms with Crippen molar-refractivity contribution in [1.82, 2.24) is 25.1 Å². The number of aromatic nitrogens is 4. The zero-order valence-corrected chi connectivity index (χ0v) is 15.1. The highest BCUT2D eigenvalue weighted by Gasteiger charge is 2.16. The van der Waals surface area contributed by atoms with Crippen molar-refractivity contribution < 1.29 is 9.53 Å². The Morgan fingerprint density at radius 2 is 1.92 bits per heavy atom. The van der Waals surface area contributed by atoms with Gasteiger partial charge in [-0.3, -0.25) is 4.79 Å². The van der Waals surface area contributed by atoms with Gasteiger partial charge in [0.05, 0.1) is 5.69 Å². The summed E-state index contributed by atoms with van der Waals surface area (Å²) < 4.78 is 7.27. The lowest BCUT2D eigenvalue weighted by Gasteiger charge is -2.22. The molecule has 7 heteroatoms. The van der Waals surface area contributed by atoms with Gasteiger partial charge in [-0.05, 0) is 39.7 Å². The molecule has 7 nitrogen and oxygen atoms in total. The van der Waals surface area contributed by atoms with Crippen molar-refractivity contribution in [3.8, 4) is 11.8 Å². The standard InChI is InChI=1S/C18H25N5O2/c1-12-10-17(21-18(19-12)23-14(3)9-13(2)22-23)25-11-16(24)20-15-7-5-4-6-8-15/h9-10,15H,4-8,11H2,1-3H3,(H,20,24). The molecule has 3 rings (SSSR count). The number of aryl methyl sites for hydroxylation is 3. The fourth-order valence-electron chi connectivity index (χ4n) is 3.18. The van der Waals surface area contributed by atoms with Crippen molar-refractivity contribution in [2.45, 2.75) is 58.9 Å². The number of carbonyl (C=O) groups is 1. The minimum Gasteiger partial charge on any atom is -0.467 e. The predicted molar refractivity (Wildman–Crippen MR) is 93.9 cm³/mol. The zero-order chi connectivity index (χ0) is 17.8. The summed E-state index contributed by atoms with van der Waals surface area (Å²) in [6.45, 7) is 5.70. The molecule has 2 heterocycles. The molecule has 0 aliphatic heterocycles. The topological polar surface area (TPSA) is 81.9 Å². The Balaban J connectivity index is 1.64. The summed E-state index contributed by atoms with van der Waals surface area (Å²) in [5.41, 5.74) is 2.61. The summed E-state index contributed by atoms with van der Waals surface area (Å²) >= 11 is 0. The van der Waals surface area contributed by atoms with Gasteiger partial charge < -0.3 is 10.1 Å². The van der Waals surface area contributed by atoms with Gasteiger partial charge in [-0.25, -0.2) is 9.67 Å². The molecule has 25 heavy (non-hydrogen) atoms. The Morgan fingerprint density at radius 3 is 2.60 bits per heavy atom. The van der Waals surface area contributed by atoms with Crippen LogP contribution < -0.4 is 10.1 Å². The van der Waals surface area contributed by atoms with Gasteiger partial charge in [-0.1, -0.05) is 19.3 Å². The largest absolute Gasteiger partial charge is 0.467 e. The minimum absolute atomic E-state index is 0.0382. The fourth-order valence-corrected chi connectivity index (χ4v) is 3.18. The third kappa shape index (κ3) is 4.55. The van der Waals surface area contributed by atoms with Gasteiger partial charge in [0.2, 0.25) is 5.88 Å². The highest BCUT2D eigenvalue weighted by atomic mass is 16.5. The Morgan fingerprint density at radius 1 is 1.16 bits per heavy atom. The summed E-state index contributed by atoms with van der Waals surface area (Å²) in [7, 11) is 0. The smallest absolute Gasteiger partial charge is 0.258 e. The fraction of sp³-hybridized carbons (Fsp3) is 0.556. The second-order valence-electron chi connectivity index (χ2n) is 6.68. The molecule has 2 aromatic heterocycles. The van der Waals surface area contributed by atoms with Crippen LogP contribution in [0.25, 0.3) is 5.95 Å².